The van der Waals surface area contributed by atoms with Crippen molar-refractivity contribution in [2.45, 2.75) is 41.5 Å². The lowest BCUT2D eigenvalue weighted by Gasteiger charge is -1.95. The molecule has 0 aliphatic heterocycles. The summed E-state index contributed by atoms with van der Waals surface area (Å²) in [6.07, 6.45) is 7.13. The van der Waals surface area contributed by atoms with Crippen molar-refractivity contribution in [1.82, 2.24) is 0 Å². The zero-order chi connectivity index (χ0) is 14.0. The lowest BCUT2D eigenvalue weighted by atomic mass is 10.1. The van der Waals surface area contributed by atoms with Gasteiger partial charge in [-0.05, 0) is 19.4 Å². The minimum absolute atomic E-state index is 1.02. The van der Waals surface area contributed by atoms with Crippen LogP contribution in [0.4, 0.5) is 0 Å². The molecule has 0 nitrogen and oxygen atoms in total. The monoisotopic (exact) mass is 222 g/mol. The summed E-state index contributed by atoms with van der Waals surface area (Å²) >= 11 is 0. The summed E-state index contributed by atoms with van der Waals surface area (Å²) in [7, 11) is 0. The van der Waals surface area contributed by atoms with Crippen LogP contribution in [-0.4, -0.2) is 0 Å². The van der Waals surface area contributed by atoms with Crippen LogP contribution in [0.3, 0.4) is 0 Å². The molecule has 0 aliphatic carbocycles. The molecule has 0 fully saturated rings. The minimum atomic E-state index is 1.02. The highest BCUT2D eigenvalue weighted by atomic mass is 13.9. The van der Waals surface area contributed by atoms with Gasteiger partial charge in [-0.25, -0.2) is 0 Å². The molecule has 0 amide bonds. The van der Waals surface area contributed by atoms with Gasteiger partial charge in [0.15, 0.2) is 0 Å². The van der Waals surface area contributed by atoms with Crippen LogP contribution in [0.2, 0.25) is 0 Å². The van der Waals surface area contributed by atoms with Gasteiger partial charge in [-0.3, -0.25) is 0 Å². The van der Waals surface area contributed by atoms with Crippen LogP contribution in [0, 0.1) is 0 Å². The highest BCUT2D eigenvalue weighted by Gasteiger charge is 1.86. The van der Waals surface area contributed by atoms with Crippen molar-refractivity contribution in [3.63, 3.8) is 0 Å². The smallest absolute Gasteiger partial charge is 0.0239 e. The highest BCUT2D eigenvalue weighted by molar-refractivity contribution is 5.37. The van der Waals surface area contributed by atoms with Crippen LogP contribution in [-0.2, 0) is 0 Å². The van der Waals surface area contributed by atoms with E-state index in [0.29, 0.717) is 0 Å². The Hall–Kier alpha value is -1.30. The molecule has 0 saturated carbocycles. The van der Waals surface area contributed by atoms with Crippen molar-refractivity contribution in [2.75, 3.05) is 0 Å². The third-order valence-corrected chi connectivity index (χ3v) is 1.01. The number of hydrogen-bond donors (Lipinski definition) is 0. The van der Waals surface area contributed by atoms with E-state index in [1.165, 1.54) is 0 Å². The van der Waals surface area contributed by atoms with Crippen molar-refractivity contribution in [3.05, 3.63) is 61.8 Å². The Labute approximate surface area is 104 Å². The molecule has 0 aromatic heterocycles. The van der Waals surface area contributed by atoms with Gasteiger partial charge in [0.1, 0.15) is 0 Å². The molecule has 0 aliphatic rings. The van der Waals surface area contributed by atoms with Gasteiger partial charge < -0.3 is 0 Å². The van der Waals surface area contributed by atoms with E-state index in [-0.39, 0.29) is 0 Å². The molecule has 0 aromatic rings. The maximum Gasteiger partial charge on any atom is -0.0239 e. The molecule has 94 valence electrons. The van der Waals surface area contributed by atoms with Crippen molar-refractivity contribution in [3.8, 4) is 0 Å². The second kappa shape index (κ2) is 29.2. The Morgan fingerprint density at radius 3 is 1.31 bits per heavy atom. The average Bonchev–Trinajstić information content (AvgIpc) is 2.32. The second-order valence-corrected chi connectivity index (χ2v) is 2.25. The Bertz CT molecular complexity index is 192. The van der Waals surface area contributed by atoms with Gasteiger partial charge in [0.05, 0.1) is 0 Å². The Balaban J connectivity index is -0.0000000864. The molecule has 0 N–H and O–H groups in total. The summed E-state index contributed by atoms with van der Waals surface area (Å²) in [5.74, 6) is 0. The largest absolute Gasteiger partial charge is 0.103 e. The summed E-state index contributed by atoms with van der Waals surface area (Å²) in [4.78, 5) is 0. The van der Waals surface area contributed by atoms with Crippen LogP contribution in [0.25, 0.3) is 0 Å². The maximum atomic E-state index is 3.76. The van der Waals surface area contributed by atoms with E-state index >= 15 is 0 Å². The van der Waals surface area contributed by atoms with Crippen LogP contribution < -0.4 is 0 Å². The summed E-state index contributed by atoms with van der Waals surface area (Å²) in [6.45, 7) is 26.1. The number of rotatable bonds is 3. The summed E-state index contributed by atoms with van der Waals surface area (Å²) in [5.41, 5.74) is 2.06. The summed E-state index contributed by atoms with van der Waals surface area (Å²) in [6, 6.07) is 0. The molecular formula is C16H30. The first-order valence-electron chi connectivity index (χ1n) is 5.82. The van der Waals surface area contributed by atoms with Gasteiger partial charge >= 0.3 is 0 Å². The number of hydrogen-bond acceptors (Lipinski definition) is 0. The molecular weight excluding hydrogens is 192 g/mol. The van der Waals surface area contributed by atoms with Crippen molar-refractivity contribution < 1.29 is 0 Å². The van der Waals surface area contributed by atoms with Crippen LogP contribution in [0.1, 0.15) is 41.5 Å². The quantitative estimate of drug-likeness (QED) is 0.399. The Morgan fingerprint density at radius 1 is 0.938 bits per heavy atom. The van der Waals surface area contributed by atoms with E-state index in [0.717, 1.165) is 11.1 Å². The third kappa shape index (κ3) is 29.3. The average molecular weight is 222 g/mol. The van der Waals surface area contributed by atoms with Crippen LogP contribution in [0.15, 0.2) is 61.8 Å². The molecule has 0 unspecified atom stereocenters. The van der Waals surface area contributed by atoms with Crippen LogP contribution >= 0.6 is 0 Å². The molecule has 0 spiro atoms. The molecule has 0 saturated heterocycles. The number of allylic oxidation sites excluding steroid dienone is 6. The second-order valence-electron chi connectivity index (χ2n) is 2.25. The van der Waals surface area contributed by atoms with E-state index in [1.54, 1.807) is 18.2 Å². The molecule has 16 heavy (non-hydrogen) atoms. The summed E-state index contributed by atoms with van der Waals surface area (Å²) < 4.78 is 0. The van der Waals surface area contributed by atoms with Gasteiger partial charge in [-0.15, -0.1) is 6.58 Å². The molecule has 0 radical (unpaired) electrons. The lowest BCUT2D eigenvalue weighted by Crippen LogP contribution is -1.74. The zero-order valence-corrected chi connectivity index (χ0v) is 12.1. The Kier molecular flexibility index (Phi) is 44.0. The fraction of sp³-hybridized carbons (Fsp3) is 0.375. The van der Waals surface area contributed by atoms with Gasteiger partial charge in [0.2, 0.25) is 0 Å². The fourth-order valence-corrected chi connectivity index (χ4v) is 0.511. The molecule has 0 bridgehead atoms. The van der Waals surface area contributed by atoms with Gasteiger partial charge in [-0.1, -0.05) is 77.3 Å². The normalized spacial score (nSPS) is 7.50. The lowest BCUT2D eigenvalue weighted by molar-refractivity contribution is 1.46. The first-order valence-corrected chi connectivity index (χ1v) is 5.82. The van der Waals surface area contributed by atoms with E-state index in [1.807, 2.05) is 47.6 Å². The molecule has 0 atom stereocenters. The van der Waals surface area contributed by atoms with Gasteiger partial charge in [0, 0.05) is 0 Å². The molecule has 0 heterocycles. The van der Waals surface area contributed by atoms with Gasteiger partial charge in [0.25, 0.3) is 0 Å². The standard InChI is InChI=1S/C9H12.C3H6.2C2H6/c1-5-7-9(6-2)8(3)4;1-3-2;2*1-2/h5-7H,1-3H2,4H3;3H,1H2,2H3;2*1-2H3/b9-7+;;;. The zero-order valence-electron chi connectivity index (χ0n) is 12.1. The molecule has 0 rings (SSSR count). The first-order chi connectivity index (χ1) is 7.63. The first kappa shape index (κ1) is 24.1. The molecule has 0 heteroatoms. The third-order valence-electron chi connectivity index (χ3n) is 1.01. The SMILES string of the molecule is C=C/C=C(\C=C)C(=C)C.C=CC.CC.CC. The van der Waals surface area contributed by atoms with Crippen molar-refractivity contribution in [2.24, 2.45) is 0 Å². The summed E-state index contributed by atoms with van der Waals surface area (Å²) in [5, 5.41) is 0. The highest BCUT2D eigenvalue weighted by Crippen LogP contribution is 2.06. The molecule has 0 aromatic carbocycles. The minimum Gasteiger partial charge on any atom is -0.103 e. The van der Waals surface area contributed by atoms with Gasteiger partial charge in [-0.2, -0.15) is 0 Å². The topological polar surface area (TPSA) is 0 Å². The predicted octanol–water partition coefficient (Wildman–Crippen LogP) is 6.11. The van der Waals surface area contributed by atoms with E-state index in [2.05, 4.69) is 26.3 Å². The van der Waals surface area contributed by atoms with Crippen molar-refractivity contribution >= 4 is 0 Å². The van der Waals surface area contributed by atoms with E-state index in [9.17, 15) is 0 Å². The van der Waals surface area contributed by atoms with Crippen LogP contribution in [0.5, 0.6) is 0 Å². The van der Waals surface area contributed by atoms with Crippen molar-refractivity contribution in [1.29, 1.82) is 0 Å². The van der Waals surface area contributed by atoms with E-state index < -0.39 is 0 Å². The fourth-order valence-electron chi connectivity index (χ4n) is 0.511. The maximum absolute atomic E-state index is 3.76. The predicted molar refractivity (Wildman–Crippen MR) is 81.9 cm³/mol. The Morgan fingerprint density at radius 2 is 1.25 bits per heavy atom. The van der Waals surface area contributed by atoms with E-state index in [4.69, 9.17) is 0 Å².